The molecule has 2 N–H and O–H groups in total. The molecule has 8 nitrogen and oxygen atoms in total. The number of aromatic nitrogens is 1. The van der Waals surface area contributed by atoms with Crippen molar-refractivity contribution in [1.29, 1.82) is 0 Å². The number of nitrogens with zero attached hydrogens (tertiary/aromatic N) is 2. The van der Waals surface area contributed by atoms with Crippen molar-refractivity contribution >= 4 is 17.6 Å². The first-order valence-electron chi connectivity index (χ1n) is 13.2. The van der Waals surface area contributed by atoms with Crippen molar-refractivity contribution in [1.82, 2.24) is 15.2 Å². The minimum absolute atomic E-state index is 0.165. The molecule has 2 aromatic carbocycles. The number of ether oxygens (including phenoxy) is 2. The standard InChI is InChI=1S/C31H38N4O4/c1-34-18-24(29(36)32-25(20-38-3)15-22-11-7-5-8-12-22)17-27-28(19-35(2)31(27)34)30(37)33-26(21-39-4)16-23-13-9-6-10-14-23/h5-14,18-19,25-26H,15-17,20-21H2,1-4H3,(H,32,36)(H,33,37)/t25-,26-/m1/s1. The van der Waals surface area contributed by atoms with Crippen LogP contribution in [0.25, 0.3) is 0 Å². The van der Waals surface area contributed by atoms with Crippen LogP contribution in [0.2, 0.25) is 0 Å². The molecule has 0 fully saturated rings. The molecule has 2 atom stereocenters. The van der Waals surface area contributed by atoms with Crippen molar-refractivity contribution in [2.24, 2.45) is 7.05 Å². The van der Waals surface area contributed by atoms with Crippen LogP contribution >= 0.6 is 0 Å². The normalized spacial score (nSPS) is 14.3. The summed E-state index contributed by atoms with van der Waals surface area (Å²) < 4.78 is 12.7. The second-order valence-corrected chi connectivity index (χ2v) is 10.0. The van der Waals surface area contributed by atoms with Gasteiger partial charge >= 0.3 is 0 Å². The predicted molar refractivity (Wildman–Crippen MR) is 153 cm³/mol. The Bertz CT molecular complexity index is 1290. The third kappa shape index (κ3) is 7.16. The van der Waals surface area contributed by atoms with E-state index < -0.39 is 0 Å². The Morgan fingerprint density at radius 3 is 1.85 bits per heavy atom. The number of benzene rings is 2. The maximum absolute atomic E-state index is 13.5. The lowest BCUT2D eigenvalue weighted by molar-refractivity contribution is -0.118. The van der Waals surface area contributed by atoms with Crippen LogP contribution in [0.4, 0.5) is 5.82 Å². The Morgan fingerprint density at radius 2 is 1.33 bits per heavy atom. The topological polar surface area (TPSA) is 84.8 Å². The number of carbonyl (C=O) groups is 2. The number of fused-ring (bicyclic) bond motifs is 1. The summed E-state index contributed by atoms with van der Waals surface area (Å²) >= 11 is 0. The van der Waals surface area contributed by atoms with Gasteiger partial charge in [-0.15, -0.1) is 0 Å². The molecular weight excluding hydrogens is 492 g/mol. The Hall–Kier alpha value is -3.88. The zero-order chi connectivity index (χ0) is 27.8. The van der Waals surface area contributed by atoms with Gasteiger partial charge in [-0.2, -0.15) is 0 Å². The maximum atomic E-state index is 13.5. The number of amides is 2. The zero-order valence-electron chi connectivity index (χ0n) is 23.1. The molecule has 2 amide bonds. The molecule has 1 aliphatic heterocycles. The molecule has 0 bridgehead atoms. The molecule has 3 aromatic rings. The predicted octanol–water partition coefficient (Wildman–Crippen LogP) is 3.26. The minimum Gasteiger partial charge on any atom is -0.383 e. The van der Waals surface area contributed by atoms with E-state index in [0.29, 0.717) is 43.6 Å². The number of hydrogen-bond donors (Lipinski definition) is 2. The van der Waals surface area contributed by atoms with Crippen molar-refractivity contribution < 1.29 is 19.1 Å². The van der Waals surface area contributed by atoms with Gasteiger partial charge in [0, 0.05) is 58.3 Å². The highest BCUT2D eigenvalue weighted by molar-refractivity contribution is 6.00. The Balaban J connectivity index is 1.49. The smallest absolute Gasteiger partial charge is 0.253 e. The summed E-state index contributed by atoms with van der Waals surface area (Å²) in [5.41, 5.74) is 4.23. The molecular formula is C31H38N4O4. The van der Waals surface area contributed by atoms with E-state index in [2.05, 4.69) is 10.6 Å². The van der Waals surface area contributed by atoms with Gasteiger partial charge in [0.05, 0.1) is 30.9 Å². The van der Waals surface area contributed by atoms with E-state index in [1.807, 2.05) is 96.6 Å². The molecule has 39 heavy (non-hydrogen) atoms. The monoisotopic (exact) mass is 530 g/mol. The van der Waals surface area contributed by atoms with Gasteiger partial charge in [-0.05, 0) is 24.0 Å². The molecule has 206 valence electrons. The number of rotatable bonds is 12. The number of aryl methyl sites for hydroxylation is 1. The maximum Gasteiger partial charge on any atom is 0.253 e. The summed E-state index contributed by atoms with van der Waals surface area (Å²) in [5.74, 6) is 0.545. The quantitative estimate of drug-likeness (QED) is 0.376. The van der Waals surface area contributed by atoms with E-state index >= 15 is 0 Å². The van der Waals surface area contributed by atoms with E-state index in [4.69, 9.17) is 9.47 Å². The lowest BCUT2D eigenvalue weighted by Crippen LogP contribution is -2.42. The molecule has 8 heteroatoms. The molecule has 0 saturated heterocycles. The Kier molecular flexibility index (Phi) is 9.57. The van der Waals surface area contributed by atoms with Crippen LogP contribution in [-0.2, 0) is 40.6 Å². The van der Waals surface area contributed by atoms with Crippen molar-refractivity contribution in [3.63, 3.8) is 0 Å². The third-order valence-corrected chi connectivity index (χ3v) is 6.89. The Morgan fingerprint density at radius 1 is 0.821 bits per heavy atom. The fraction of sp³-hybridized carbons (Fsp3) is 0.355. The summed E-state index contributed by atoms with van der Waals surface area (Å²) in [4.78, 5) is 28.8. The first-order valence-corrected chi connectivity index (χ1v) is 13.2. The largest absolute Gasteiger partial charge is 0.383 e. The molecule has 0 radical (unpaired) electrons. The highest BCUT2D eigenvalue weighted by Gasteiger charge is 2.29. The number of nitrogens with one attached hydrogen (secondary N) is 2. The van der Waals surface area contributed by atoms with Gasteiger partial charge in [0.15, 0.2) is 0 Å². The van der Waals surface area contributed by atoms with Crippen molar-refractivity contribution in [3.05, 3.63) is 101 Å². The number of methoxy groups -OCH3 is 2. The fourth-order valence-electron chi connectivity index (χ4n) is 5.21. The molecule has 1 aliphatic rings. The minimum atomic E-state index is -0.187. The second kappa shape index (κ2) is 13.3. The SMILES string of the molecule is COC[C@@H](Cc1ccccc1)NC(=O)C1=CN(C)c2c(c(C(=O)N[C@@H](COC)Cc3ccccc3)cn2C)C1. The van der Waals surface area contributed by atoms with Gasteiger partial charge in [0.1, 0.15) is 5.82 Å². The molecule has 2 heterocycles. The van der Waals surface area contributed by atoms with Crippen LogP contribution in [0, 0.1) is 0 Å². The molecule has 1 aromatic heterocycles. The lowest BCUT2D eigenvalue weighted by atomic mass is 9.98. The lowest BCUT2D eigenvalue weighted by Gasteiger charge is -2.26. The van der Waals surface area contributed by atoms with Crippen LogP contribution in [0.5, 0.6) is 0 Å². The molecule has 0 saturated carbocycles. The molecule has 0 spiro atoms. The van der Waals surface area contributed by atoms with Gasteiger partial charge in [-0.25, -0.2) is 0 Å². The average Bonchev–Trinajstić information content (AvgIpc) is 3.27. The van der Waals surface area contributed by atoms with Crippen LogP contribution in [0.3, 0.4) is 0 Å². The third-order valence-electron chi connectivity index (χ3n) is 6.89. The summed E-state index contributed by atoms with van der Waals surface area (Å²) in [6.45, 7) is 0.793. The van der Waals surface area contributed by atoms with Crippen LogP contribution in [-0.4, -0.2) is 62.9 Å². The van der Waals surface area contributed by atoms with Gasteiger partial charge in [0.2, 0.25) is 5.91 Å². The van der Waals surface area contributed by atoms with Gasteiger partial charge in [0.25, 0.3) is 5.91 Å². The fourth-order valence-corrected chi connectivity index (χ4v) is 5.21. The molecule has 0 aliphatic carbocycles. The van der Waals surface area contributed by atoms with E-state index in [1.54, 1.807) is 14.2 Å². The number of hydrogen-bond acceptors (Lipinski definition) is 5. The summed E-state index contributed by atoms with van der Waals surface area (Å²) in [6, 6.07) is 19.7. The summed E-state index contributed by atoms with van der Waals surface area (Å²) in [6.07, 6.45) is 5.35. The average molecular weight is 531 g/mol. The second-order valence-electron chi connectivity index (χ2n) is 10.0. The van der Waals surface area contributed by atoms with E-state index in [9.17, 15) is 9.59 Å². The molecule has 4 rings (SSSR count). The summed E-state index contributed by atoms with van der Waals surface area (Å²) in [5, 5.41) is 6.29. The highest BCUT2D eigenvalue weighted by Crippen LogP contribution is 2.32. The van der Waals surface area contributed by atoms with Crippen molar-refractivity contribution in [2.75, 3.05) is 39.4 Å². The number of carbonyl (C=O) groups excluding carboxylic acids is 2. The van der Waals surface area contributed by atoms with Crippen LogP contribution in [0.15, 0.2) is 78.6 Å². The van der Waals surface area contributed by atoms with E-state index in [0.717, 1.165) is 22.5 Å². The Labute approximate surface area is 230 Å². The van der Waals surface area contributed by atoms with Crippen molar-refractivity contribution in [3.8, 4) is 0 Å². The van der Waals surface area contributed by atoms with Gasteiger partial charge in [-0.3, -0.25) is 9.59 Å². The van der Waals surface area contributed by atoms with Gasteiger partial charge < -0.3 is 29.6 Å². The van der Waals surface area contributed by atoms with Gasteiger partial charge in [-0.1, -0.05) is 60.7 Å². The van der Waals surface area contributed by atoms with Crippen LogP contribution in [0.1, 0.15) is 27.0 Å². The van der Waals surface area contributed by atoms with E-state index in [-0.39, 0.29) is 23.9 Å². The first kappa shape index (κ1) is 28.1. The molecule has 0 unspecified atom stereocenters. The van der Waals surface area contributed by atoms with E-state index in [1.165, 1.54) is 0 Å². The first-order chi connectivity index (χ1) is 18.9. The highest BCUT2D eigenvalue weighted by atomic mass is 16.5. The number of anilines is 1. The zero-order valence-corrected chi connectivity index (χ0v) is 23.1. The summed E-state index contributed by atoms with van der Waals surface area (Å²) in [7, 11) is 7.07. The van der Waals surface area contributed by atoms with Crippen molar-refractivity contribution in [2.45, 2.75) is 31.3 Å². The van der Waals surface area contributed by atoms with Crippen LogP contribution < -0.4 is 15.5 Å².